The zero-order valence-corrected chi connectivity index (χ0v) is 12.6. The Labute approximate surface area is 128 Å². The van der Waals surface area contributed by atoms with Gasteiger partial charge in [-0.15, -0.1) is 0 Å². The van der Waals surface area contributed by atoms with E-state index in [1.54, 1.807) is 6.07 Å². The minimum absolute atomic E-state index is 0.154. The fourth-order valence-corrected chi connectivity index (χ4v) is 1.74. The zero-order valence-electron chi connectivity index (χ0n) is 11.8. The summed E-state index contributed by atoms with van der Waals surface area (Å²) >= 11 is 5.73. The number of para-hydroxylation sites is 2. The van der Waals surface area contributed by atoms with Crippen molar-refractivity contribution < 1.29 is 9.53 Å². The van der Waals surface area contributed by atoms with E-state index in [1.807, 2.05) is 18.2 Å². The molecule has 0 atom stereocenters. The second kappa shape index (κ2) is 7.04. The van der Waals surface area contributed by atoms with Crippen molar-refractivity contribution in [3.05, 3.63) is 47.5 Å². The number of amides is 1. The minimum Gasteiger partial charge on any atom is -0.491 e. The van der Waals surface area contributed by atoms with Crippen LogP contribution in [0, 0.1) is 5.92 Å². The van der Waals surface area contributed by atoms with Crippen LogP contribution in [0.5, 0.6) is 5.75 Å². The number of nitrogens with zero attached hydrogens (tertiary/aromatic N) is 2. The number of carbonyl (C=O) groups excluding carboxylic acids is 1. The van der Waals surface area contributed by atoms with Crippen molar-refractivity contribution in [2.75, 3.05) is 11.9 Å². The van der Waals surface area contributed by atoms with Crippen molar-refractivity contribution in [1.29, 1.82) is 0 Å². The van der Waals surface area contributed by atoms with E-state index in [9.17, 15) is 4.79 Å². The molecule has 0 bridgehead atoms. The van der Waals surface area contributed by atoms with Crippen LogP contribution in [0.15, 0.2) is 36.7 Å². The van der Waals surface area contributed by atoms with Crippen LogP contribution in [0.25, 0.3) is 0 Å². The highest BCUT2D eigenvalue weighted by molar-refractivity contribution is 6.29. The lowest BCUT2D eigenvalue weighted by molar-refractivity contribution is 0.102. The molecule has 1 aromatic carbocycles. The molecule has 110 valence electrons. The molecule has 0 aliphatic rings. The largest absolute Gasteiger partial charge is 0.491 e. The summed E-state index contributed by atoms with van der Waals surface area (Å²) in [5.41, 5.74) is 0.742. The Kier molecular flexibility index (Phi) is 5.11. The van der Waals surface area contributed by atoms with Gasteiger partial charge in [0.15, 0.2) is 0 Å². The Morgan fingerprint density at radius 2 is 2.10 bits per heavy atom. The highest BCUT2D eigenvalue weighted by atomic mass is 35.5. The molecule has 0 saturated carbocycles. The van der Waals surface area contributed by atoms with Gasteiger partial charge in [-0.1, -0.05) is 37.6 Å². The summed E-state index contributed by atoms with van der Waals surface area (Å²) in [6.45, 7) is 4.69. The maximum Gasteiger partial charge on any atom is 0.276 e. The van der Waals surface area contributed by atoms with Crippen molar-refractivity contribution in [3.63, 3.8) is 0 Å². The quantitative estimate of drug-likeness (QED) is 0.919. The van der Waals surface area contributed by atoms with Gasteiger partial charge in [-0.25, -0.2) is 4.98 Å². The Hall–Kier alpha value is -2.14. The number of benzene rings is 1. The molecule has 1 amide bonds. The Morgan fingerprint density at radius 3 is 2.81 bits per heavy atom. The smallest absolute Gasteiger partial charge is 0.276 e. The summed E-state index contributed by atoms with van der Waals surface area (Å²) in [6, 6.07) is 7.25. The lowest BCUT2D eigenvalue weighted by atomic mass is 10.2. The molecular formula is C15H16ClN3O2. The molecular weight excluding hydrogens is 290 g/mol. The second-order valence-corrected chi connectivity index (χ2v) is 5.27. The lowest BCUT2D eigenvalue weighted by Crippen LogP contribution is -2.15. The van der Waals surface area contributed by atoms with Gasteiger partial charge in [0.25, 0.3) is 5.91 Å². The van der Waals surface area contributed by atoms with Gasteiger partial charge in [-0.3, -0.25) is 9.78 Å². The van der Waals surface area contributed by atoms with Gasteiger partial charge in [0, 0.05) is 0 Å². The topological polar surface area (TPSA) is 64.1 Å². The van der Waals surface area contributed by atoms with Crippen molar-refractivity contribution in [1.82, 2.24) is 9.97 Å². The first-order chi connectivity index (χ1) is 10.1. The molecule has 0 saturated heterocycles. The molecule has 0 fully saturated rings. The third-order valence-corrected chi connectivity index (χ3v) is 2.73. The first-order valence-corrected chi connectivity index (χ1v) is 6.95. The summed E-state index contributed by atoms with van der Waals surface area (Å²) in [7, 11) is 0. The van der Waals surface area contributed by atoms with E-state index in [1.165, 1.54) is 12.4 Å². The Bertz CT molecular complexity index is 632. The third-order valence-electron chi connectivity index (χ3n) is 2.55. The first kappa shape index (κ1) is 15.3. The van der Waals surface area contributed by atoms with Crippen molar-refractivity contribution in [2.45, 2.75) is 13.8 Å². The number of carbonyl (C=O) groups is 1. The van der Waals surface area contributed by atoms with Crippen LogP contribution >= 0.6 is 11.6 Å². The summed E-state index contributed by atoms with van der Waals surface area (Å²) in [4.78, 5) is 19.9. The number of hydrogen-bond acceptors (Lipinski definition) is 4. The Balaban J connectivity index is 2.13. The lowest BCUT2D eigenvalue weighted by Gasteiger charge is -2.13. The number of ether oxygens (including phenoxy) is 1. The Morgan fingerprint density at radius 1 is 1.33 bits per heavy atom. The van der Waals surface area contributed by atoms with Crippen molar-refractivity contribution in [3.8, 4) is 5.75 Å². The summed E-state index contributed by atoms with van der Waals surface area (Å²) in [5, 5.41) is 2.93. The number of halogens is 1. The van der Waals surface area contributed by atoms with E-state index in [-0.39, 0.29) is 16.8 Å². The highest BCUT2D eigenvalue weighted by Gasteiger charge is 2.12. The monoisotopic (exact) mass is 305 g/mol. The summed E-state index contributed by atoms with van der Waals surface area (Å²) < 4.78 is 5.68. The van der Waals surface area contributed by atoms with E-state index in [0.717, 1.165) is 0 Å². The highest BCUT2D eigenvalue weighted by Crippen LogP contribution is 2.24. The number of nitrogens with one attached hydrogen (secondary N) is 1. The number of rotatable bonds is 5. The molecule has 21 heavy (non-hydrogen) atoms. The van der Waals surface area contributed by atoms with Crippen molar-refractivity contribution in [2.24, 2.45) is 5.92 Å². The number of hydrogen-bond donors (Lipinski definition) is 1. The average molecular weight is 306 g/mol. The normalized spacial score (nSPS) is 10.5. The minimum atomic E-state index is -0.384. The molecule has 1 heterocycles. The number of aromatic nitrogens is 2. The average Bonchev–Trinajstić information content (AvgIpc) is 2.46. The number of anilines is 1. The van der Waals surface area contributed by atoms with Crippen LogP contribution in [0.4, 0.5) is 5.69 Å². The molecule has 0 radical (unpaired) electrons. The van der Waals surface area contributed by atoms with Gasteiger partial charge in [-0.2, -0.15) is 0 Å². The molecule has 2 rings (SSSR count). The van der Waals surface area contributed by atoms with Gasteiger partial charge >= 0.3 is 0 Å². The third kappa shape index (κ3) is 4.43. The van der Waals surface area contributed by atoms with Crippen LogP contribution in [-0.4, -0.2) is 22.5 Å². The van der Waals surface area contributed by atoms with E-state index in [4.69, 9.17) is 16.3 Å². The van der Waals surface area contributed by atoms with Crippen molar-refractivity contribution >= 4 is 23.2 Å². The molecule has 0 aliphatic carbocycles. The standard InChI is InChI=1S/C15H16ClN3O2/c1-10(2)9-21-13-6-4-3-5-11(13)19-15(20)12-7-17-8-14(16)18-12/h3-8,10H,9H2,1-2H3,(H,19,20). The molecule has 1 N–H and O–H groups in total. The van der Waals surface area contributed by atoms with Gasteiger partial charge in [-0.05, 0) is 18.1 Å². The molecule has 1 aromatic heterocycles. The van der Waals surface area contributed by atoms with Crippen LogP contribution in [-0.2, 0) is 0 Å². The van der Waals surface area contributed by atoms with Gasteiger partial charge in [0.2, 0.25) is 0 Å². The van der Waals surface area contributed by atoms with E-state index in [0.29, 0.717) is 24.0 Å². The van der Waals surface area contributed by atoms with Gasteiger partial charge < -0.3 is 10.1 Å². The predicted molar refractivity (Wildman–Crippen MR) is 81.8 cm³/mol. The predicted octanol–water partition coefficient (Wildman–Crippen LogP) is 3.42. The van der Waals surface area contributed by atoms with E-state index in [2.05, 4.69) is 29.1 Å². The second-order valence-electron chi connectivity index (χ2n) is 4.88. The maximum absolute atomic E-state index is 12.1. The van der Waals surface area contributed by atoms with E-state index < -0.39 is 0 Å². The van der Waals surface area contributed by atoms with Crippen LogP contribution in [0.3, 0.4) is 0 Å². The zero-order chi connectivity index (χ0) is 15.2. The molecule has 6 heteroatoms. The SMILES string of the molecule is CC(C)COc1ccccc1NC(=O)c1cncc(Cl)n1. The molecule has 0 aliphatic heterocycles. The van der Waals surface area contributed by atoms with E-state index >= 15 is 0 Å². The molecule has 0 spiro atoms. The first-order valence-electron chi connectivity index (χ1n) is 6.57. The molecule has 5 nitrogen and oxygen atoms in total. The van der Waals surface area contributed by atoms with Crippen LogP contribution in [0.1, 0.15) is 24.3 Å². The molecule has 2 aromatic rings. The van der Waals surface area contributed by atoms with Crippen LogP contribution in [0.2, 0.25) is 5.15 Å². The maximum atomic E-state index is 12.1. The summed E-state index contributed by atoms with van der Waals surface area (Å²) in [6.07, 6.45) is 2.73. The summed E-state index contributed by atoms with van der Waals surface area (Å²) in [5.74, 6) is 0.632. The van der Waals surface area contributed by atoms with Gasteiger partial charge in [0.1, 0.15) is 16.6 Å². The fraction of sp³-hybridized carbons (Fsp3) is 0.267. The van der Waals surface area contributed by atoms with Crippen LogP contribution < -0.4 is 10.1 Å². The molecule has 0 unspecified atom stereocenters. The van der Waals surface area contributed by atoms with Gasteiger partial charge in [0.05, 0.1) is 24.7 Å². The fourth-order valence-electron chi connectivity index (χ4n) is 1.59.